The van der Waals surface area contributed by atoms with Crippen molar-refractivity contribution >= 4 is 11.6 Å². The maximum Gasteiger partial charge on any atom is 0.416 e. The summed E-state index contributed by atoms with van der Waals surface area (Å²) in [6.07, 6.45) is -3.61. The second kappa shape index (κ2) is 5.32. The first-order valence-corrected chi connectivity index (χ1v) is 6.26. The molecule has 3 N–H and O–H groups in total. The van der Waals surface area contributed by atoms with Crippen LogP contribution in [0.25, 0.3) is 0 Å². The zero-order valence-electron chi connectivity index (χ0n) is 11.0. The zero-order valence-corrected chi connectivity index (χ0v) is 11.0. The number of hydrogen-bond acceptors (Lipinski definition) is 3. The average molecular weight is 287 g/mol. The Hall–Kier alpha value is -1.76. The van der Waals surface area contributed by atoms with Crippen LogP contribution in [0.2, 0.25) is 0 Å². The molecule has 110 valence electrons. The lowest BCUT2D eigenvalue weighted by molar-refractivity contribution is -0.137. The quantitative estimate of drug-likeness (QED) is 0.888. The third-order valence-corrected chi connectivity index (χ3v) is 3.53. The fourth-order valence-corrected chi connectivity index (χ4v) is 2.40. The molecule has 1 aliphatic heterocycles. The van der Waals surface area contributed by atoms with Gasteiger partial charge in [-0.2, -0.15) is 13.2 Å². The van der Waals surface area contributed by atoms with E-state index >= 15 is 0 Å². The second-order valence-corrected chi connectivity index (χ2v) is 4.81. The van der Waals surface area contributed by atoms with Crippen LogP contribution in [-0.2, 0) is 6.18 Å². The van der Waals surface area contributed by atoms with Gasteiger partial charge in [-0.15, -0.1) is 0 Å². The van der Waals surface area contributed by atoms with Crippen molar-refractivity contribution in [3.63, 3.8) is 0 Å². The summed E-state index contributed by atoms with van der Waals surface area (Å²) in [6.45, 7) is 1.32. The summed E-state index contributed by atoms with van der Waals surface area (Å²) in [4.78, 5) is 13.3. The Bertz CT molecular complexity index is 516. The molecule has 1 saturated heterocycles. The number of nitrogens with two attached hydrogens (primary N) is 1. The van der Waals surface area contributed by atoms with Gasteiger partial charge in [0, 0.05) is 24.8 Å². The number of alkyl halides is 3. The van der Waals surface area contributed by atoms with E-state index in [0.717, 1.165) is 18.6 Å². The van der Waals surface area contributed by atoms with Crippen LogP contribution in [0.1, 0.15) is 22.3 Å². The summed E-state index contributed by atoms with van der Waals surface area (Å²) in [6, 6.07) is 3.39. The van der Waals surface area contributed by atoms with Crippen LogP contribution in [0.15, 0.2) is 18.2 Å². The molecular weight excluding hydrogens is 271 g/mol. The molecular formula is C13H16F3N3O. The fourth-order valence-electron chi connectivity index (χ4n) is 2.40. The molecule has 0 spiro atoms. The zero-order chi connectivity index (χ0) is 14.9. The molecule has 1 amide bonds. The number of anilines is 1. The third kappa shape index (κ3) is 2.87. The van der Waals surface area contributed by atoms with Crippen LogP contribution in [0.5, 0.6) is 0 Å². The first kappa shape index (κ1) is 14.6. The molecule has 4 nitrogen and oxygen atoms in total. The largest absolute Gasteiger partial charge is 0.416 e. The summed E-state index contributed by atoms with van der Waals surface area (Å²) in [5, 5.41) is 3.11. The maximum atomic E-state index is 12.7. The van der Waals surface area contributed by atoms with Gasteiger partial charge in [0.05, 0.1) is 11.1 Å². The second-order valence-electron chi connectivity index (χ2n) is 4.81. The van der Waals surface area contributed by atoms with Crippen molar-refractivity contribution in [2.24, 2.45) is 5.73 Å². The number of amides is 1. The molecule has 7 heteroatoms. The number of hydrogen-bond donors (Lipinski definition) is 2. The summed E-state index contributed by atoms with van der Waals surface area (Å²) >= 11 is 0. The average Bonchev–Trinajstić information content (AvgIpc) is 2.85. The number of halogens is 3. The van der Waals surface area contributed by atoms with Gasteiger partial charge in [-0.1, -0.05) is 0 Å². The number of primary amides is 1. The van der Waals surface area contributed by atoms with Crippen LogP contribution < -0.4 is 16.0 Å². The number of carbonyl (C=O) groups excluding carboxylic acids is 1. The number of nitrogens with one attached hydrogen (secondary N) is 1. The lowest BCUT2D eigenvalue weighted by atomic mass is 10.1. The van der Waals surface area contributed by atoms with E-state index < -0.39 is 17.6 Å². The molecule has 1 aliphatic rings. The van der Waals surface area contributed by atoms with E-state index in [1.54, 1.807) is 0 Å². The van der Waals surface area contributed by atoms with E-state index in [1.807, 2.05) is 11.9 Å². The van der Waals surface area contributed by atoms with E-state index in [0.29, 0.717) is 18.8 Å². The lowest BCUT2D eigenvalue weighted by Crippen LogP contribution is -2.30. The van der Waals surface area contributed by atoms with Crippen molar-refractivity contribution in [2.45, 2.75) is 18.6 Å². The molecule has 1 heterocycles. The highest BCUT2D eigenvalue weighted by Crippen LogP contribution is 2.33. The monoisotopic (exact) mass is 287 g/mol. The van der Waals surface area contributed by atoms with Crippen LogP contribution >= 0.6 is 0 Å². The SMILES string of the molecule is CNC1CCN(c2ccc(C(F)(F)F)cc2C(N)=O)C1. The van der Waals surface area contributed by atoms with Gasteiger partial charge in [-0.05, 0) is 31.7 Å². The smallest absolute Gasteiger partial charge is 0.369 e. The van der Waals surface area contributed by atoms with Crippen LogP contribution in [0.4, 0.5) is 18.9 Å². The van der Waals surface area contributed by atoms with Crippen LogP contribution in [-0.4, -0.2) is 32.1 Å². The van der Waals surface area contributed by atoms with Gasteiger partial charge in [0.1, 0.15) is 0 Å². The molecule has 20 heavy (non-hydrogen) atoms. The van der Waals surface area contributed by atoms with E-state index in [2.05, 4.69) is 5.32 Å². The third-order valence-electron chi connectivity index (χ3n) is 3.53. The Morgan fingerprint density at radius 3 is 2.65 bits per heavy atom. The molecule has 0 saturated carbocycles. The standard InChI is InChI=1S/C13H16F3N3O/c1-18-9-4-5-19(7-9)11-3-2-8(13(14,15)16)6-10(11)12(17)20/h2-3,6,9,18H,4-5,7H2,1H3,(H2,17,20). The molecule has 1 aromatic carbocycles. The van der Waals surface area contributed by atoms with Crippen LogP contribution in [0.3, 0.4) is 0 Å². The molecule has 1 unspecified atom stereocenters. The topological polar surface area (TPSA) is 58.4 Å². The van der Waals surface area contributed by atoms with Crippen molar-refractivity contribution in [2.75, 3.05) is 25.0 Å². The van der Waals surface area contributed by atoms with E-state index in [4.69, 9.17) is 5.73 Å². The Morgan fingerprint density at radius 2 is 2.15 bits per heavy atom. The Balaban J connectivity index is 2.36. The predicted molar refractivity (Wildman–Crippen MR) is 69.6 cm³/mol. The highest BCUT2D eigenvalue weighted by atomic mass is 19.4. The van der Waals surface area contributed by atoms with Gasteiger partial charge in [0.15, 0.2) is 0 Å². The summed E-state index contributed by atoms with van der Waals surface area (Å²) in [5.41, 5.74) is 4.73. The summed E-state index contributed by atoms with van der Waals surface area (Å²) in [7, 11) is 1.83. The lowest BCUT2D eigenvalue weighted by Gasteiger charge is -2.22. The minimum Gasteiger partial charge on any atom is -0.369 e. The van der Waals surface area contributed by atoms with E-state index in [1.165, 1.54) is 6.07 Å². The maximum absolute atomic E-state index is 12.7. The Labute approximate surface area is 114 Å². The normalized spacial score (nSPS) is 19.4. The molecule has 0 aromatic heterocycles. The molecule has 0 aliphatic carbocycles. The molecule has 1 fully saturated rings. The fraction of sp³-hybridized carbons (Fsp3) is 0.462. The molecule has 1 aromatic rings. The highest BCUT2D eigenvalue weighted by Gasteiger charge is 2.32. The van der Waals surface area contributed by atoms with E-state index in [9.17, 15) is 18.0 Å². The van der Waals surface area contributed by atoms with Crippen molar-refractivity contribution < 1.29 is 18.0 Å². The minimum absolute atomic E-state index is 0.0865. The number of rotatable bonds is 3. The van der Waals surface area contributed by atoms with Crippen LogP contribution in [0, 0.1) is 0 Å². The molecule has 2 rings (SSSR count). The van der Waals surface area contributed by atoms with Gasteiger partial charge in [0.2, 0.25) is 0 Å². The van der Waals surface area contributed by atoms with Gasteiger partial charge >= 0.3 is 6.18 Å². The molecule has 1 atom stereocenters. The Morgan fingerprint density at radius 1 is 1.45 bits per heavy atom. The summed E-state index contributed by atoms with van der Waals surface area (Å²) < 4.78 is 38.0. The number of benzene rings is 1. The van der Waals surface area contributed by atoms with Gasteiger partial charge in [0.25, 0.3) is 5.91 Å². The Kier molecular flexibility index (Phi) is 3.89. The van der Waals surface area contributed by atoms with Crippen molar-refractivity contribution in [1.29, 1.82) is 0 Å². The highest BCUT2D eigenvalue weighted by molar-refractivity contribution is 5.99. The molecule has 0 radical (unpaired) electrons. The molecule has 0 bridgehead atoms. The van der Waals surface area contributed by atoms with Crippen molar-refractivity contribution in [1.82, 2.24) is 5.32 Å². The predicted octanol–water partition coefficient (Wildman–Crippen LogP) is 1.60. The first-order valence-electron chi connectivity index (χ1n) is 6.26. The van der Waals surface area contributed by atoms with Gasteiger partial charge < -0.3 is 16.0 Å². The summed E-state index contributed by atoms with van der Waals surface area (Å²) in [5.74, 6) is -0.848. The first-order chi connectivity index (χ1) is 9.32. The van der Waals surface area contributed by atoms with Crippen molar-refractivity contribution in [3.05, 3.63) is 29.3 Å². The van der Waals surface area contributed by atoms with Gasteiger partial charge in [-0.25, -0.2) is 0 Å². The van der Waals surface area contributed by atoms with Gasteiger partial charge in [-0.3, -0.25) is 4.79 Å². The minimum atomic E-state index is -4.48. The van der Waals surface area contributed by atoms with E-state index in [-0.39, 0.29) is 11.6 Å². The number of carbonyl (C=O) groups is 1. The number of nitrogens with zero attached hydrogens (tertiary/aromatic N) is 1. The van der Waals surface area contributed by atoms with Crippen molar-refractivity contribution in [3.8, 4) is 0 Å². The number of likely N-dealkylation sites (N-methyl/N-ethyl adjacent to an activating group) is 1.